The number of esters is 1. The molecule has 0 atom stereocenters. The van der Waals surface area contributed by atoms with E-state index in [9.17, 15) is 14.7 Å². The Labute approximate surface area is 122 Å². The zero-order valence-corrected chi connectivity index (χ0v) is 11.4. The van der Waals surface area contributed by atoms with E-state index in [1.165, 1.54) is 0 Å². The van der Waals surface area contributed by atoms with Gasteiger partial charge < -0.3 is 9.84 Å². The van der Waals surface area contributed by atoms with E-state index in [1.807, 2.05) is 42.5 Å². The summed E-state index contributed by atoms with van der Waals surface area (Å²) in [5.74, 6) is -2.19. The molecule has 0 aliphatic carbocycles. The van der Waals surface area contributed by atoms with Crippen LogP contribution in [0.15, 0.2) is 60.7 Å². The first-order valence-corrected chi connectivity index (χ1v) is 6.30. The number of aliphatic hydroxyl groups is 1. The summed E-state index contributed by atoms with van der Waals surface area (Å²) in [7, 11) is 1.11. The highest BCUT2D eigenvalue weighted by Crippen LogP contribution is 2.21. The first-order chi connectivity index (χ1) is 10.1. The Morgan fingerprint density at radius 2 is 1.52 bits per heavy atom. The van der Waals surface area contributed by atoms with Crippen LogP contribution in [0.1, 0.15) is 5.56 Å². The lowest BCUT2D eigenvalue weighted by Gasteiger charge is -2.04. The Kier molecular flexibility index (Phi) is 4.51. The SMILES string of the molecule is COC(=O)C(=O)C=C(O)c1ccc(-c2ccccc2)cc1. The molecule has 0 fully saturated rings. The zero-order chi connectivity index (χ0) is 15.2. The molecule has 4 nitrogen and oxygen atoms in total. The van der Waals surface area contributed by atoms with Gasteiger partial charge in [-0.05, 0) is 11.1 Å². The van der Waals surface area contributed by atoms with Crippen molar-refractivity contribution in [1.82, 2.24) is 0 Å². The number of ketones is 1. The molecule has 0 unspecified atom stereocenters. The Morgan fingerprint density at radius 3 is 2.10 bits per heavy atom. The first kappa shape index (κ1) is 14.5. The number of rotatable bonds is 4. The fourth-order valence-corrected chi connectivity index (χ4v) is 1.83. The van der Waals surface area contributed by atoms with Crippen molar-refractivity contribution in [1.29, 1.82) is 0 Å². The normalized spacial score (nSPS) is 11.0. The van der Waals surface area contributed by atoms with Crippen molar-refractivity contribution in [2.75, 3.05) is 7.11 Å². The maximum atomic E-state index is 11.3. The van der Waals surface area contributed by atoms with Gasteiger partial charge >= 0.3 is 5.97 Å². The number of carbonyl (C=O) groups is 2. The summed E-state index contributed by atoms with van der Waals surface area (Å²) in [6.45, 7) is 0. The molecular formula is C17H14O4. The molecule has 1 N–H and O–H groups in total. The van der Waals surface area contributed by atoms with Crippen molar-refractivity contribution < 1.29 is 19.4 Å². The quantitative estimate of drug-likeness (QED) is 0.405. The molecule has 0 spiro atoms. The van der Waals surface area contributed by atoms with E-state index in [0.717, 1.165) is 24.3 Å². The third kappa shape index (κ3) is 3.57. The molecule has 0 heterocycles. The molecule has 2 rings (SSSR count). The minimum absolute atomic E-state index is 0.273. The van der Waals surface area contributed by atoms with E-state index in [1.54, 1.807) is 12.1 Å². The Bertz CT molecular complexity index is 670. The van der Waals surface area contributed by atoms with Gasteiger partial charge in [0.1, 0.15) is 5.76 Å². The monoisotopic (exact) mass is 282 g/mol. The molecule has 106 valence electrons. The van der Waals surface area contributed by atoms with Crippen LogP contribution in [0.3, 0.4) is 0 Å². The van der Waals surface area contributed by atoms with Gasteiger partial charge in [0.25, 0.3) is 5.78 Å². The molecular weight excluding hydrogens is 268 g/mol. The number of hydrogen-bond acceptors (Lipinski definition) is 4. The second-order valence-corrected chi connectivity index (χ2v) is 4.33. The van der Waals surface area contributed by atoms with Crippen LogP contribution in [0.5, 0.6) is 0 Å². The molecule has 0 aromatic heterocycles. The maximum absolute atomic E-state index is 11.3. The van der Waals surface area contributed by atoms with Crippen molar-refractivity contribution in [2.24, 2.45) is 0 Å². The predicted molar refractivity (Wildman–Crippen MR) is 79.5 cm³/mol. The van der Waals surface area contributed by atoms with E-state index in [0.29, 0.717) is 5.56 Å². The highest BCUT2D eigenvalue weighted by atomic mass is 16.5. The van der Waals surface area contributed by atoms with Crippen molar-refractivity contribution in [3.63, 3.8) is 0 Å². The zero-order valence-electron chi connectivity index (χ0n) is 11.4. The molecule has 0 aliphatic heterocycles. The smallest absolute Gasteiger partial charge is 0.378 e. The summed E-state index contributed by atoms with van der Waals surface area (Å²) >= 11 is 0. The summed E-state index contributed by atoms with van der Waals surface area (Å²) in [6.07, 6.45) is 0.851. The molecule has 21 heavy (non-hydrogen) atoms. The van der Waals surface area contributed by atoms with Crippen molar-refractivity contribution in [2.45, 2.75) is 0 Å². The average Bonchev–Trinajstić information content (AvgIpc) is 2.55. The summed E-state index contributed by atoms with van der Waals surface area (Å²) in [5, 5.41) is 9.83. The van der Waals surface area contributed by atoms with E-state index in [-0.39, 0.29) is 5.76 Å². The van der Waals surface area contributed by atoms with Gasteiger partial charge in [0.05, 0.1) is 7.11 Å². The van der Waals surface area contributed by atoms with Gasteiger partial charge in [0, 0.05) is 11.6 Å². The second-order valence-electron chi connectivity index (χ2n) is 4.33. The van der Waals surface area contributed by atoms with Crippen LogP contribution in [-0.2, 0) is 14.3 Å². The number of aliphatic hydroxyl groups excluding tert-OH is 1. The van der Waals surface area contributed by atoms with Crippen molar-refractivity contribution in [3.05, 3.63) is 66.2 Å². The topological polar surface area (TPSA) is 63.6 Å². The van der Waals surface area contributed by atoms with Crippen LogP contribution in [0.4, 0.5) is 0 Å². The van der Waals surface area contributed by atoms with E-state index < -0.39 is 11.8 Å². The molecule has 0 amide bonds. The van der Waals surface area contributed by atoms with Gasteiger partial charge in [0.2, 0.25) is 0 Å². The fourth-order valence-electron chi connectivity index (χ4n) is 1.83. The summed E-state index contributed by atoms with van der Waals surface area (Å²) in [5.41, 5.74) is 2.50. The van der Waals surface area contributed by atoms with E-state index in [2.05, 4.69) is 4.74 Å². The molecule has 2 aromatic carbocycles. The first-order valence-electron chi connectivity index (χ1n) is 6.30. The van der Waals surface area contributed by atoms with Gasteiger partial charge in [-0.15, -0.1) is 0 Å². The minimum atomic E-state index is -1.01. The average molecular weight is 282 g/mol. The molecule has 0 saturated carbocycles. The maximum Gasteiger partial charge on any atom is 0.378 e. The van der Waals surface area contributed by atoms with Crippen molar-refractivity contribution >= 4 is 17.5 Å². The number of carbonyl (C=O) groups excluding carboxylic acids is 2. The minimum Gasteiger partial charge on any atom is -0.507 e. The Hall–Kier alpha value is -2.88. The lowest BCUT2D eigenvalue weighted by atomic mass is 10.0. The molecule has 0 bridgehead atoms. The molecule has 2 aromatic rings. The Balaban J connectivity index is 2.21. The predicted octanol–water partition coefficient (Wildman–Crippen LogP) is 2.99. The fraction of sp³-hybridized carbons (Fsp3) is 0.0588. The highest BCUT2D eigenvalue weighted by molar-refractivity contribution is 6.39. The molecule has 4 heteroatoms. The number of benzene rings is 2. The summed E-state index contributed by atoms with van der Waals surface area (Å²) < 4.78 is 4.28. The van der Waals surface area contributed by atoms with Gasteiger partial charge in [-0.25, -0.2) is 4.79 Å². The number of hydrogen-bond donors (Lipinski definition) is 1. The van der Waals surface area contributed by atoms with Crippen LogP contribution in [0.2, 0.25) is 0 Å². The summed E-state index contributed by atoms with van der Waals surface area (Å²) in [6, 6.07) is 16.8. The third-order valence-corrected chi connectivity index (χ3v) is 2.94. The molecule has 0 radical (unpaired) electrons. The van der Waals surface area contributed by atoms with Crippen LogP contribution in [0.25, 0.3) is 16.9 Å². The third-order valence-electron chi connectivity index (χ3n) is 2.94. The number of methoxy groups -OCH3 is 1. The van der Waals surface area contributed by atoms with Crippen LogP contribution in [0, 0.1) is 0 Å². The van der Waals surface area contributed by atoms with Crippen LogP contribution < -0.4 is 0 Å². The Morgan fingerprint density at radius 1 is 0.952 bits per heavy atom. The lowest BCUT2D eigenvalue weighted by Crippen LogP contribution is -2.13. The van der Waals surface area contributed by atoms with Gasteiger partial charge in [-0.2, -0.15) is 0 Å². The van der Waals surface area contributed by atoms with Gasteiger partial charge in [0.15, 0.2) is 0 Å². The van der Waals surface area contributed by atoms with Crippen LogP contribution in [-0.4, -0.2) is 24.0 Å². The molecule has 0 saturated heterocycles. The van der Waals surface area contributed by atoms with Gasteiger partial charge in [-0.3, -0.25) is 4.79 Å². The molecule has 0 aliphatic rings. The lowest BCUT2D eigenvalue weighted by molar-refractivity contribution is -0.149. The van der Waals surface area contributed by atoms with Crippen LogP contribution >= 0.6 is 0 Å². The van der Waals surface area contributed by atoms with E-state index in [4.69, 9.17) is 0 Å². The highest BCUT2D eigenvalue weighted by Gasteiger charge is 2.12. The largest absolute Gasteiger partial charge is 0.507 e. The summed E-state index contributed by atoms with van der Waals surface area (Å²) in [4.78, 5) is 22.3. The standard InChI is InChI=1S/C17H14O4/c1-21-17(20)16(19)11-15(18)14-9-7-13(8-10-14)12-5-3-2-4-6-12/h2-11,18H,1H3. The number of ether oxygens (including phenoxy) is 1. The van der Waals surface area contributed by atoms with Crippen molar-refractivity contribution in [3.8, 4) is 11.1 Å². The van der Waals surface area contributed by atoms with Gasteiger partial charge in [-0.1, -0.05) is 54.6 Å². The second kappa shape index (κ2) is 6.52. The van der Waals surface area contributed by atoms with E-state index >= 15 is 0 Å².